The van der Waals surface area contributed by atoms with Crippen LogP contribution in [0.15, 0.2) is 54.2 Å². The van der Waals surface area contributed by atoms with Crippen molar-refractivity contribution in [2.24, 2.45) is 5.73 Å². The van der Waals surface area contributed by atoms with Gasteiger partial charge in [-0.3, -0.25) is 5.10 Å². The smallest absolute Gasteiger partial charge is 0.126 e. The summed E-state index contributed by atoms with van der Waals surface area (Å²) < 4.78 is 28.3. The van der Waals surface area contributed by atoms with Crippen LogP contribution in [0.4, 0.5) is 8.78 Å². The highest BCUT2D eigenvalue weighted by Crippen LogP contribution is 2.32. The maximum Gasteiger partial charge on any atom is 0.126 e. The SMILES string of the molecule is NC(Cc1cc(F)cc(F)c1)c1nc2cn[nH]c2cc1-c1ccc2scnc2c1. The van der Waals surface area contributed by atoms with Crippen molar-refractivity contribution < 1.29 is 8.78 Å². The van der Waals surface area contributed by atoms with Crippen molar-refractivity contribution in [1.29, 1.82) is 0 Å². The lowest BCUT2D eigenvalue weighted by Crippen LogP contribution is -2.16. The number of nitrogens with zero attached hydrogens (tertiary/aromatic N) is 3. The van der Waals surface area contributed by atoms with E-state index >= 15 is 0 Å². The lowest BCUT2D eigenvalue weighted by molar-refractivity contribution is 0.576. The van der Waals surface area contributed by atoms with Crippen LogP contribution in [0.1, 0.15) is 17.3 Å². The Labute approximate surface area is 168 Å². The molecule has 5 rings (SSSR count). The zero-order chi connectivity index (χ0) is 20.0. The van der Waals surface area contributed by atoms with Crippen molar-refractivity contribution in [3.63, 3.8) is 0 Å². The average Bonchev–Trinajstić information content (AvgIpc) is 3.34. The van der Waals surface area contributed by atoms with Gasteiger partial charge in [0.25, 0.3) is 0 Å². The molecule has 3 aromatic heterocycles. The van der Waals surface area contributed by atoms with E-state index in [1.807, 2.05) is 24.3 Å². The molecule has 0 amide bonds. The van der Waals surface area contributed by atoms with Gasteiger partial charge in [-0.15, -0.1) is 11.3 Å². The second-order valence-corrected chi connectivity index (χ2v) is 7.73. The number of rotatable bonds is 4. The molecular weight excluding hydrogens is 392 g/mol. The molecule has 1 atom stereocenters. The van der Waals surface area contributed by atoms with Gasteiger partial charge in [0.15, 0.2) is 0 Å². The molecule has 29 heavy (non-hydrogen) atoms. The summed E-state index contributed by atoms with van der Waals surface area (Å²) in [5, 5.41) is 6.97. The first kappa shape index (κ1) is 17.8. The fourth-order valence-electron chi connectivity index (χ4n) is 3.51. The van der Waals surface area contributed by atoms with Crippen LogP contribution in [-0.4, -0.2) is 20.2 Å². The summed E-state index contributed by atoms with van der Waals surface area (Å²) in [5.41, 5.74) is 13.5. The van der Waals surface area contributed by atoms with Crippen molar-refractivity contribution in [1.82, 2.24) is 20.2 Å². The third-order valence-electron chi connectivity index (χ3n) is 4.82. The van der Waals surface area contributed by atoms with Gasteiger partial charge in [-0.1, -0.05) is 6.07 Å². The molecule has 0 bridgehead atoms. The second kappa shape index (κ2) is 6.98. The minimum Gasteiger partial charge on any atom is -0.322 e. The van der Waals surface area contributed by atoms with Gasteiger partial charge < -0.3 is 5.73 Å². The first-order chi connectivity index (χ1) is 14.1. The van der Waals surface area contributed by atoms with Gasteiger partial charge in [0.2, 0.25) is 0 Å². The minimum atomic E-state index is -0.625. The lowest BCUT2D eigenvalue weighted by Gasteiger charge is -2.16. The summed E-state index contributed by atoms with van der Waals surface area (Å²) in [6, 6.07) is 10.8. The van der Waals surface area contributed by atoms with Crippen molar-refractivity contribution in [3.8, 4) is 11.1 Å². The van der Waals surface area contributed by atoms with E-state index in [9.17, 15) is 8.78 Å². The van der Waals surface area contributed by atoms with Gasteiger partial charge in [-0.25, -0.2) is 18.7 Å². The molecule has 3 N–H and O–H groups in total. The van der Waals surface area contributed by atoms with E-state index in [4.69, 9.17) is 10.7 Å². The molecule has 2 aromatic carbocycles. The molecule has 3 heterocycles. The fraction of sp³-hybridized carbons (Fsp3) is 0.0952. The van der Waals surface area contributed by atoms with Gasteiger partial charge in [-0.05, 0) is 47.9 Å². The molecule has 5 nitrogen and oxygen atoms in total. The number of pyridine rings is 1. The van der Waals surface area contributed by atoms with Gasteiger partial charge >= 0.3 is 0 Å². The van der Waals surface area contributed by atoms with Crippen molar-refractivity contribution in [2.45, 2.75) is 12.5 Å². The maximum absolute atomic E-state index is 13.6. The van der Waals surface area contributed by atoms with E-state index in [1.165, 1.54) is 12.1 Å². The van der Waals surface area contributed by atoms with Crippen LogP contribution < -0.4 is 5.73 Å². The Balaban J connectivity index is 1.62. The average molecular weight is 407 g/mol. The summed E-state index contributed by atoms with van der Waals surface area (Å²) in [6.45, 7) is 0. The monoisotopic (exact) mass is 407 g/mol. The number of fused-ring (bicyclic) bond motifs is 2. The van der Waals surface area contributed by atoms with Crippen LogP contribution >= 0.6 is 11.3 Å². The molecule has 8 heteroatoms. The number of nitrogens with two attached hydrogens (primary N) is 1. The summed E-state index contributed by atoms with van der Waals surface area (Å²) in [6.07, 6.45) is 1.87. The number of hydrogen-bond donors (Lipinski definition) is 2. The van der Waals surface area contributed by atoms with Crippen molar-refractivity contribution in [2.75, 3.05) is 0 Å². The van der Waals surface area contributed by atoms with Crippen LogP contribution in [0.25, 0.3) is 32.4 Å². The summed E-state index contributed by atoms with van der Waals surface area (Å²) in [4.78, 5) is 9.08. The number of thiazole rings is 1. The Kier molecular flexibility index (Phi) is 4.30. The third-order valence-corrected chi connectivity index (χ3v) is 5.63. The molecule has 0 saturated carbocycles. The van der Waals surface area contributed by atoms with Crippen LogP contribution in [0.3, 0.4) is 0 Å². The normalized spacial score (nSPS) is 12.7. The lowest BCUT2D eigenvalue weighted by atomic mass is 9.95. The van der Waals surface area contributed by atoms with Gasteiger partial charge in [0.1, 0.15) is 17.2 Å². The van der Waals surface area contributed by atoms with Gasteiger partial charge in [0.05, 0.1) is 39.2 Å². The van der Waals surface area contributed by atoms with Gasteiger partial charge in [-0.2, -0.15) is 5.10 Å². The zero-order valence-electron chi connectivity index (χ0n) is 15.1. The number of H-pyrrole nitrogens is 1. The molecule has 1 unspecified atom stereocenters. The fourth-order valence-corrected chi connectivity index (χ4v) is 4.17. The predicted molar refractivity (Wildman–Crippen MR) is 109 cm³/mol. The van der Waals surface area contributed by atoms with Crippen molar-refractivity contribution in [3.05, 3.63) is 77.1 Å². The Morgan fingerprint density at radius 3 is 2.69 bits per heavy atom. The summed E-state index contributed by atoms with van der Waals surface area (Å²) in [5.74, 6) is -1.25. The highest BCUT2D eigenvalue weighted by atomic mass is 32.1. The molecular formula is C21H15F2N5S. The van der Waals surface area contributed by atoms with E-state index in [0.717, 1.165) is 32.9 Å². The molecule has 0 spiro atoms. The molecule has 144 valence electrons. The van der Waals surface area contributed by atoms with E-state index in [1.54, 1.807) is 23.0 Å². The van der Waals surface area contributed by atoms with Crippen molar-refractivity contribution >= 4 is 32.6 Å². The van der Waals surface area contributed by atoms with E-state index in [-0.39, 0.29) is 6.42 Å². The Morgan fingerprint density at radius 2 is 1.86 bits per heavy atom. The van der Waals surface area contributed by atoms with E-state index in [0.29, 0.717) is 16.8 Å². The van der Waals surface area contributed by atoms with Crippen LogP contribution in [0.5, 0.6) is 0 Å². The molecule has 5 aromatic rings. The Bertz CT molecular complexity index is 1320. The molecule has 0 aliphatic carbocycles. The topological polar surface area (TPSA) is 80.5 Å². The number of halogens is 2. The molecule has 0 radical (unpaired) electrons. The molecule has 0 aliphatic heterocycles. The summed E-state index contributed by atoms with van der Waals surface area (Å²) in [7, 11) is 0. The van der Waals surface area contributed by atoms with Crippen LogP contribution in [0.2, 0.25) is 0 Å². The van der Waals surface area contributed by atoms with E-state index in [2.05, 4.69) is 15.2 Å². The number of benzene rings is 2. The molecule has 0 fully saturated rings. The number of hydrogen-bond acceptors (Lipinski definition) is 5. The number of aromatic amines is 1. The second-order valence-electron chi connectivity index (χ2n) is 6.85. The Hall–Kier alpha value is -3.23. The predicted octanol–water partition coefficient (Wildman–Crippen LogP) is 4.76. The largest absolute Gasteiger partial charge is 0.322 e. The first-order valence-corrected chi connectivity index (χ1v) is 9.83. The third kappa shape index (κ3) is 3.37. The molecule has 0 saturated heterocycles. The standard InChI is InChI=1S/C21H15F2N5S/c22-13-3-11(4-14(23)7-13)5-16(24)21-15(8-17-19(27-21)9-26-28-17)12-1-2-20-18(6-12)25-10-29-20/h1-4,6-10,16H,5,24H2,(H,26,28). The number of nitrogens with one attached hydrogen (secondary N) is 1. The highest BCUT2D eigenvalue weighted by Gasteiger charge is 2.18. The summed E-state index contributed by atoms with van der Waals surface area (Å²) >= 11 is 1.57. The first-order valence-electron chi connectivity index (χ1n) is 8.95. The minimum absolute atomic E-state index is 0.247. The number of aromatic nitrogens is 4. The maximum atomic E-state index is 13.6. The quantitative estimate of drug-likeness (QED) is 0.450. The molecule has 0 aliphatic rings. The van der Waals surface area contributed by atoms with Crippen LogP contribution in [0, 0.1) is 11.6 Å². The van der Waals surface area contributed by atoms with Gasteiger partial charge in [0, 0.05) is 11.6 Å². The Morgan fingerprint density at radius 1 is 1.03 bits per heavy atom. The highest BCUT2D eigenvalue weighted by molar-refractivity contribution is 7.16. The zero-order valence-corrected chi connectivity index (χ0v) is 15.9. The van der Waals surface area contributed by atoms with Crippen LogP contribution in [-0.2, 0) is 6.42 Å². The van der Waals surface area contributed by atoms with E-state index < -0.39 is 17.7 Å².